The van der Waals surface area contributed by atoms with Crippen LogP contribution in [-0.4, -0.2) is 5.78 Å². The van der Waals surface area contributed by atoms with Crippen molar-refractivity contribution in [2.24, 2.45) is 5.41 Å². The molecule has 0 N–H and O–H groups in total. The maximum Gasteiger partial charge on any atom is 0.142 e. The summed E-state index contributed by atoms with van der Waals surface area (Å²) >= 11 is 0. The lowest BCUT2D eigenvalue weighted by Crippen LogP contribution is -2.26. The second-order valence-corrected chi connectivity index (χ2v) is 3.74. The predicted molar refractivity (Wildman–Crippen MR) is 41.8 cm³/mol. The largest absolute Gasteiger partial charge is 0.299 e. The van der Waals surface area contributed by atoms with Gasteiger partial charge in [0, 0.05) is 11.8 Å². The van der Waals surface area contributed by atoms with Gasteiger partial charge in [-0.3, -0.25) is 4.79 Å². The van der Waals surface area contributed by atoms with Crippen molar-refractivity contribution in [2.75, 3.05) is 0 Å². The number of rotatable bonds is 0. The molecule has 0 amide bonds. The molecule has 1 aliphatic carbocycles. The van der Waals surface area contributed by atoms with Gasteiger partial charge in [-0.25, -0.2) is 0 Å². The Bertz CT molecular complexity index is 187. The number of carbonyl (C=O) groups is 1. The fraction of sp³-hybridized carbons (Fsp3) is 0.667. The molecular formula is C9H14O. The van der Waals surface area contributed by atoms with Gasteiger partial charge in [0.05, 0.1) is 0 Å². The Labute approximate surface area is 62.1 Å². The zero-order valence-corrected chi connectivity index (χ0v) is 6.90. The third kappa shape index (κ3) is 1.28. The highest BCUT2D eigenvalue weighted by atomic mass is 16.1. The molecule has 0 unspecified atom stereocenters. The number of Topliss-reactive ketones (excluding diaryl/α,β-unsaturated/α-hetero) is 1. The molecule has 0 heterocycles. The van der Waals surface area contributed by atoms with E-state index in [0.717, 1.165) is 6.42 Å². The van der Waals surface area contributed by atoms with E-state index in [-0.39, 0.29) is 5.41 Å². The van der Waals surface area contributed by atoms with Gasteiger partial charge in [0.15, 0.2) is 0 Å². The van der Waals surface area contributed by atoms with E-state index in [1.165, 1.54) is 5.57 Å². The Hall–Kier alpha value is -0.590. The summed E-state index contributed by atoms with van der Waals surface area (Å²) in [6.45, 7) is 6.05. The lowest BCUT2D eigenvalue weighted by atomic mass is 9.77. The number of ketones is 1. The van der Waals surface area contributed by atoms with Crippen molar-refractivity contribution in [3.8, 4) is 0 Å². The molecule has 0 atom stereocenters. The Morgan fingerprint density at radius 1 is 1.50 bits per heavy atom. The Morgan fingerprint density at radius 2 is 2.10 bits per heavy atom. The van der Waals surface area contributed by atoms with Gasteiger partial charge in [-0.15, -0.1) is 0 Å². The predicted octanol–water partition coefficient (Wildman–Crippen LogP) is 2.32. The lowest BCUT2D eigenvalue weighted by Gasteiger charge is -2.25. The van der Waals surface area contributed by atoms with Crippen molar-refractivity contribution in [3.63, 3.8) is 0 Å². The molecule has 56 valence electrons. The van der Waals surface area contributed by atoms with E-state index in [1.807, 2.05) is 20.8 Å². The number of hydrogen-bond donors (Lipinski definition) is 0. The van der Waals surface area contributed by atoms with Crippen molar-refractivity contribution < 1.29 is 4.79 Å². The first-order valence-corrected chi connectivity index (χ1v) is 3.71. The average molecular weight is 138 g/mol. The van der Waals surface area contributed by atoms with Crippen molar-refractivity contribution in [3.05, 3.63) is 11.6 Å². The molecule has 0 aromatic rings. The van der Waals surface area contributed by atoms with Gasteiger partial charge >= 0.3 is 0 Å². The molecule has 0 aliphatic heterocycles. The van der Waals surface area contributed by atoms with Gasteiger partial charge in [0.25, 0.3) is 0 Å². The molecule has 1 rings (SSSR count). The van der Waals surface area contributed by atoms with Gasteiger partial charge in [-0.05, 0) is 13.3 Å². The van der Waals surface area contributed by atoms with Crippen LogP contribution in [0.1, 0.15) is 33.6 Å². The van der Waals surface area contributed by atoms with Gasteiger partial charge in [-0.2, -0.15) is 0 Å². The summed E-state index contributed by atoms with van der Waals surface area (Å²) in [6, 6.07) is 0. The molecule has 0 saturated heterocycles. The normalized spacial score (nSPS) is 24.3. The summed E-state index contributed by atoms with van der Waals surface area (Å²) in [4.78, 5) is 11.3. The summed E-state index contributed by atoms with van der Waals surface area (Å²) in [6.07, 6.45) is 3.74. The summed E-state index contributed by atoms with van der Waals surface area (Å²) in [5, 5.41) is 0. The average Bonchev–Trinajstić information content (AvgIpc) is 1.81. The van der Waals surface area contributed by atoms with Crippen LogP contribution in [0.3, 0.4) is 0 Å². The minimum absolute atomic E-state index is 0.0977. The highest BCUT2D eigenvalue weighted by Crippen LogP contribution is 2.30. The summed E-state index contributed by atoms with van der Waals surface area (Å²) < 4.78 is 0. The van der Waals surface area contributed by atoms with Crippen molar-refractivity contribution in [1.82, 2.24) is 0 Å². The fourth-order valence-electron chi connectivity index (χ4n) is 1.11. The van der Waals surface area contributed by atoms with E-state index in [0.29, 0.717) is 12.2 Å². The van der Waals surface area contributed by atoms with Gasteiger partial charge in [-0.1, -0.05) is 25.5 Å². The van der Waals surface area contributed by atoms with Gasteiger partial charge in [0.1, 0.15) is 5.78 Å². The third-order valence-electron chi connectivity index (χ3n) is 2.16. The third-order valence-corrected chi connectivity index (χ3v) is 2.16. The molecule has 0 fully saturated rings. The van der Waals surface area contributed by atoms with Crippen LogP contribution in [0.15, 0.2) is 11.6 Å². The van der Waals surface area contributed by atoms with Crippen LogP contribution in [0.25, 0.3) is 0 Å². The standard InChI is InChI=1S/C9H14O/c1-7-4-5-9(2,3)8(10)6-7/h4H,5-6H2,1-3H3. The van der Waals surface area contributed by atoms with Crippen LogP contribution >= 0.6 is 0 Å². The fourth-order valence-corrected chi connectivity index (χ4v) is 1.11. The molecule has 0 bridgehead atoms. The van der Waals surface area contributed by atoms with E-state index in [9.17, 15) is 4.79 Å². The highest BCUT2D eigenvalue weighted by molar-refractivity contribution is 5.87. The van der Waals surface area contributed by atoms with Crippen LogP contribution in [-0.2, 0) is 4.79 Å². The number of hydrogen-bond acceptors (Lipinski definition) is 1. The maximum absolute atomic E-state index is 11.3. The van der Waals surface area contributed by atoms with E-state index in [2.05, 4.69) is 6.08 Å². The molecular weight excluding hydrogens is 124 g/mol. The number of allylic oxidation sites excluding steroid dienone is 2. The zero-order chi connectivity index (χ0) is 7.78. The van der Waals surface area contributed by atoms with E-state index in [1.54, 1.807) is 0 Å². The molecule has 0 aromatic carbocycles. The van der Waals surface area contributed by atoms with Crippen LogP contribution in [0.4, 0.5) is 0 Å². The molecule has 0 spiro atoms. The quantitative estimate of drug-likeness (QED) is 0.469. The summed E-state index contributed by atoms with van der Waals surface area (Å²) in [5.41, 5.74) is 1.13. The first-order valence-electron chi connectivity index (χ1n) is 3.71. The smallest absolute Gasteiger partial charge is 0.142 e. The SMILES string of the molecule is CC1=CCC(C)(C)C(=O)C1. The van der Waals surface area contributed by atoms with Crippen LogP contribution in [0, 0.1) is 5.41 Å². The highest BCUT2D eigenvalue weighted by Gasteiger charge is 2.28. The molecule has 0 saturated carbocycles. The molecule has 10 heavy (non-hydrogen) atoms. The van der Waals surface area contributed by atoms with E-state index in [4.69, 9.17) is 0 Å². The van der Waals surface area contributed by atoms with Gasteiger partial charge < -0.3 is 0 Å². The first kappa shape index (κ1) is 7.52. The molecule has 1 nitrogen and oxygen atoms in total. The molecule has 1 aliphatic rings. The summed E-state index contributed by atoms with van der Waals surface area (Å²) in [7, 11) is 0. The number of carbonyl (C=O) groups excluding carboxylic acids is 1. The van der Waals surface area contributed by atoms with E-state index < -0.39 is 0 Å². The Morgan fingerprint density at radius 3 is 2.50 bits per heavy atom. The Balaban J connectivity index is 2.80. The monoisotopic (exact) mass is 138 g/mol. The van der Waals surface area contributed by atoms with Crippen LogP contribution in [0.2, 0.25) is 0 Å². The van der Waals surface area contributed by atoms with Crippen molar-refractivity contribution in [2.45, 2.75) is 33.6 Å². The van der Waals surface area contributed by atoms with Crippen LogP contribution < -0.4 is 0 Å². The van der Waals surface area contributed by atoms with Crippen molar-refractivity contribution in [1.29, 1.82) is 0 Å². The second kappa shape index (κ2) is 2.22. The van der Waals surface area contributed by atoms with Gasteiger partial charge in [0.2, 0.25) is 0 Å². The Kier molecular flexibility index (Phi) is 1.67. The minimum Gasteiger partial charge on any atom is -0.299 e. The molecule has 0 radical (unpaired) electrons. The second-order valence-electron chi connectivity index (χ2n) is 3.74. The molecule has 1 heteroatoms. The van der Waals surface area contributed by atoms with Crippen molar-refractivity contribution >= 4 is 5.78 Å². The lowest BCUT2D eigenvalue weighted by molar-refractivity contribution is -0.126. The zero-order valence-electron chi connectivity index (χ0n) is 6.90. The first-order chi connectivity index (χ1) is 4.52. The maximum atomic E-state index is 11.3. The minimum atomic E-state index is -0.0977. The van der Waals surface area contributed by atoms with Crippen LogP contribution in [0.5, 0.6) is 0 Å². The topological polar surface area (TPSA) is 17.1 Å². The summed E-state index contributed by atoms with van der Waals surface area (Å²) in [5.74, 6) is 0.382. The molecule has 0 aromatic heterocycles. The van der Waals surface area contributed by atoms with E-state index >= 15 is 0 Å².